The number of nitrogens with zero attached hydrogens (tertiary/aromatic N) is 1. The number of carbonyl (C=O) groups excluding carboxylic acids is 3. The second-order valence-electron chi connectivity index (χ2n) is 14.7. The van der Waals surface area contributed by atoms with E-state index in [0.29, 0.717) is 19.4 Å². The average Bonchev–Trinajstić information content (AvgIpc) is 3.36. The quantitative estimate of drug-likeness (QED) is 0.429. The molecule has 0 radical (unpaired) electrons. The largest absolute Gasteiger partial charge is 0.444 e. The maximum atomic E-state index is 13.7. The number of likely N-dealkylation sites (tertiary alicyclic amines) is 1. The third-order valence-electron chi connectivity index (χ3n) is 9.23. The lowest BCUT2D eigenvalue weighted by atomic mass is 9.64. The second kappa shape index (κ2) is 11.7. The number of hydrogen-bond acceptors (Lipinski definition) is 5. The molecule has 0 spiro atoms. The van der Waals surface area contributed by atoms with Gasteiger partial charge in [-0.2, -0.15) is 0 Å². The zero-order chi connectivity index (χ0) is 31.8. The summed E-state index contributed by atoms with van der Waals surface area (Å²) in [5.74, 6) is -1.32. The normalized spacial score (nSPS) is 24.2. The topological polar surface area (TPSA) is 98.9 Å². The molecule has 232 valence electrons. The minimum Gasteiger partial charge on any atom is -0.444 e. The molecule has 1 heterocycles. The summed E-state index contributed by atoms with van der Waals surface area (Å²) in [6.45, 7) is 16.4. The lowest BCUT2D eigenvalue weighted by Gasteiger charge is -2.51. The van der Waals surface area contributed by atoms with Gasteiger partial charge in [0.25, 0.3) is 8.32 Å². The molecule has 0 saturated carbocycles. The molecule has 3 atom stereocenters. The summed E-state index contributed by atoms with van der Waals surface area (Å²) < 4.78 is 13.2. The van der Waals surface area contributed by atoms with Gasteiger partial charge in [-0.3, -0.25) is 14.5 Å². The molecule has 7 nitrogen and oxygen atoms in total. The fourth-order valence-corrected chi connectivity index (χ4v) is 11.7. The summed E-state index contributed by atoms with van der Waals surface area (Å²) >= 11 is 0. The number of ketones is 1. The molecule has 1 saturated heterocycles. The van der Waals surface area contributed by atoms with Crippen LogP contribution in [0.4, 0.5) is 4.79 Å². The van der Waals surface area contributed by atoms with E-state index in [-0.39, 0.29) is 17.2 Å². The van der Waals surface area contributed by atoms with Crippen molar-refractivity contribution in [2.24, 2.45) is 17.1 Å². The van der Waals surface area contributed by atoms with E-state index >= 15 is 0 Å². The Labute approximate surface area is 257 Å². The van der Waals surface area contributed by atoms with Gasteiger partial charge >= 0.3 is 6.09 Å². The highest BCUT2D eigenvalue weighted by molar-refractivity contribution is 6.99. The number of amides is 2. The van der Waals surface area contributed by atoms with Crippen molar-refractivity contribution in [1.82, 2.24) is 4.90 Å². The van der Waals surface area contributed by atoms with Crippen LogP contribution < -0.4 is 16.1 Å². The Morgan fingerprint density at radius 2 is 1.49 bits per heavy atom. The minimum absolute atomic E-state index is 0.0936. The number of carbonyl (C=O) groups is 3. The van der Waals surface area contributed by atoms with E-state index in [0.717, 1.165) is 10.4 Å². The van der Waals surface area contributed by atoms with Crippen LogP contribution >= 0.6 is 0 Å². The smallest absolute Gasteiger partial charge is 0.411 e. The Morgan fingerprint density at radius 1 is 0.953 bits per heavy atom. The zero-order valence-corrected chi connectivity index (χ0v) is 28.0. The van der Waals surface area contributed by atoms with Crippen molar-refractivity contribution in [2.45, 2.75) is 96.9 Å². The summed E-state index contributed by atoms with van der Waals surface area (Å²) in [4.78, 5) is 41.7. The monoisotopic (exact) mass is 604 g/mol. The van der Waals surface area contributed by atoms with Gasteiger partial charge in [0.1, 0.15) is 11.1 Å². The third-order valence-corrected chi connectivity index (χ3v) is 14.2. The molecule has 2 amide bonds. The van der Waals surface area contributed by atoms with E-state index in [1.165, 1.54) is 4.90 Å². The molecule has 1 aliphatic carbocycles. The van der Waals surface area contributed by atoms with Crippen LogP contribution in [0.1, 0.15) is 74.7 Å². The van der Waals surface area contributed by atoms with Gasteiger partial charge in [0.2, 0.25) is 5.91 Å². The highest BCUT2D eigenvalue weighted by atomic mass is 28.4. The maximum Gasteiger partial charge on any atom is 0.411 e. The van der Waals surface area contributed by atoms with Crippen LogP contribution in [0.3, 0.4) is 0 Å². The summed E-state index contributed by atoms with van der Waals surface area (Å²) in [5, 5.41) is 2.03. The Kier molecular flexibility index (Phi) is 8.89. The summed E-state index contributed by atoms with van der Waals surface area (Å²) in [6.07, 6.45) is 3.55. The van der Waals surface area contributed by atoms with Crippen LogP contribution in [0, 0.1) is 11.3 Å². The fraction of sp³-hybridized carbons (Fsp3) is 0.514. The second-order valence-corrected chi connectivity index (χ2v) is 18.9. The lowest BCUT2D eigenvalue weighted by Crippen LogP contribution is -2.69. The van der Waals surface area contributed by atoms with E-state index in [1.54, 1.807) is 26.8 Å². The number of hydrogen-bond donors (Lipinski definition) is 1. The van der Waals surface area contributed by atoms with Gasteiger partial charge in [-0.1, -0.05) is 101 Å². The predicted octanol–water partition coefficient (Wildman–Crippen LogP) is 5.36. The lowest BCUT2D eigenvalue weighted by molar-refractivity contribution is -0.135. The molecule has 0 bridgehead atoms. The van der Waals surface area contributed by atoms with Gasteiger partial charge in [-0.25, -0.2) is 4.79 Å². The standard InChI is InChI=1S/C35H48N2O5Si/c1-32(2,3)41-31(40)37-23-15-22-35(37,30(36)39)24-27-28(38)20-21-29(34(27,7)8)42-43(33(4,5)6,25-16-11-9-12-17-25)26-18-13-10-14-19-26/h9-14,16-21,27,29H,15,22-24H2,1-8H3,(H2,36,39)/t27-,29+,35?/m0/s1. The molecule has 2 aromatic rings. The molecule has 4 rings (SSSR count). The van der Waals surface area contributed by atoms with Crippen molar-refractivity contribution >= 4 is 36.5 Å². The van der Waals surface area contributed by atoms with Gasteiger partial charge < -0.3 is 14.9 Å². The molecule has 1 unspecified atom stereocenters. The van der Waals surface area contributed by atoms with Crippen molar-refractivity contribution in [3.8, 4) is 0 Å². The summed E-state index contributed by atoms with van der Waals surface area (Å²) in [7, 11) is -2.96. The van der Waals surface area contributed by atoms with Crippen molar-refractivity contribution < 1.29 is 23.5 Å². The maximum absolute atomic E-state index is 13.7. The first-order valence-electron chi connectivity index (χ1n) is 15.3. The molecular formula is C35H48N2O5Si. The first-order chi connectivity index (χ1) is 20.0. The zero-order valence-electron chi connectivity index (χ0n) is 27.0. The molecule has 2 N–H and O–H groups in total. The number of primary amides is 1. The molecule has 2 aromatic carbocycles. The van der Waals surface area contributed by atoms with Gasteiger partial charge in [0, 0.05) is 17.9 Å². The predicted molar refractivity (Wildman–Crippen MR) is 173 cm³/mol. The fourth-order valence-electron chi connectivity index (χ4n) is 6.92. The van der Waals surface area contributed by atoms with Gasteiger partial charge in [0.05, 0.1) is 6.10 Å². The molecule has 1 fully saturated rings. The van der Waals surface area contributed by atoms with E-state index < -0.39 is 48.9 Å². The number of ether oxygens (including phenoxy) is 1. The molecule has 1 aliphatic heterocycles. The first-order valence-corrected chi connectivity index (χ1v) is 17.2. The Bertz CT molecular complexity index is 1320. The Balaban J connectivity index is 1.78. The highest BCUT2D eigenvalue weighted by Crippen LogP contribution is 2.48. The van der Waals surface area contributed by atoms with Gasteiger partial charge in [0.15, 0.2) is 5.78 Å². The molecular weight excluding hydrogens is 556 g/mol. The van der Waals surface area contributed by atoms with E-state index in [4.69, 9.17) is 14.9 Å². The van der Waals surface area contributed by atoms with Crippen LogP contribution in [-0.2, 0) is 18.8 Å². The van der Waals surface area contributed by atoms with Crippen LogP contribution in [-0.4, -0.2) is 54.8 Å². The van der Waals surface area contributed by atoms with E-state index in [1.807, 2.05) is 56.3 Å². The van der Waals surface area contributed by atoms with Crippen LogP contribution in [0.2, 0.25) is 5.04 Å². The average molecular weight is 605 g/mol. The van der Waals surface area contributed by atoms with Crippen molar-refractivity contribution in [1.29, 1.82) is 0 Å². The SMILES string of the molecule is CC(C)(C)OC(=O)N1CCCC1(C[C@H]1C(=O)C=C[C@@H](O[Si](c2ccccc2)(c2ccccc2)C(C)(C)C)C1(C)C)C(N)=O. The van der Waals surface area contributed by atoms with Crippen molar-refractivity contribution in [3.05, 3.63) is 72.8 Å². The van der Waals surface area contributed by atoms with Crippen molar-refractivity contribution in [2.75, 3.05) is 6.54 Å². The highest BCUT2D eigenvalue weighted by Gasteiger charge is 2.58. The molecule has 8 heteroatoms. The Hall–Kier alpha value is -3.23. The number of allylic oxidation sites excluding steroid dienone is 1. The van der Waals surface area contributed by atoms with Crippen LogP contribution in [0.15, 0.2) is 72.8 Å². The van der Waals surface area contributed by atoms with Crippen LogP contribution in [0.25, 0.3) is 0 Å². The molecule has 43 heavy (non-hydrogen) atoms. The molecule has 2 aliphatic rings. The number of nitrogens with two attached hydrogens (primary N) is 1. The van der Waals surface area contributed by atoms with Crippen LogP contribution in [0.5, 0.6) is 0 Å². The number of rotatable bonds is 7. The Morgan fingerprint density at radius 3 is 1.95 bits per heavy atom. The summed E-state index contributed by atoms with van der Waals surface area (Å²) in [5.41, 5.74) is 3.30. The van der Waals surface area contributed by atoms with Gasteiger partial charge in [-0.15, -0.1) is 0 Å². The number of benzene rings is 2. The summed E-state index contributed by atoms with van der Waals surface area (Å²) in [6, 6.07) is 20.8. The van der Waals surface area contributed by atoms with E-state index in [2.05, 4.69) is 45.0 Å². The van der Waals surface area contributed by atoms with Gasteiger partial charge in [-0.05, 0) is 61.5 Å². The molecule has 0 aromatic heterocycles. The third kappa shape index (κ3) is 6.09. The van der Waals surface area contributed by atoms with E-state index in [9.17, 15) is 14.4 Å². The minimum atomic E-state index is -2.96. The van der Waals surface area contributed by atoms with Crippen molar-refractivity contribution in [3.63, 3.8) is 0 Å². The first kappa shape index (κ1) is 32.7.